The van der Waals surface area contributed by atoms with Crippen LogP contribution < -0.4 is 10.6 Å². The fraction of sp³-hybridized carbons (Fsp3) is 0.200. The summed E-state index contributed by atoms with van der Waals surface area (Å²) in [4.78, 5) is 15.3. The zero-order chi connectivity index (χ0) is 22.6. The molecule has 0 atom stereocenters. The van der Waals surface area contributed by atoms with Crippen LogP contribution in [-0.4, -0.2) is 48.6 Å². The fourth-order valence-corrected chi connectivity index (χ4v) is 4.44. The van der Waals surface area contributed by atoms with Crippen molar-refractivity contribution < 1.29 is 27.1 Å². The zero-order valence-corrected chi connectivity index (χ0v) is 18.5. The molecule has 1 amide bonds. The third-order valence-electron chi connectivity index (χ3n) is 4.42. The van der Waals surface area contributed by atoms with E-state index in [0.717, 1.165) is 12.3 Å². The summed E-state index contributed by atoms with van der Waals surface area (Å²) >= 11 is 0. The van der Waals surface area contributed by atoms with E-state index in [9.17, 15) is 17.6 Å². The summed E-state index contributed by atoms with van der Waals surface area (Å²) in [6.45, 7) is -0.274. The Labute approximate surface area is 189 Å². The number of nitrogens with one attached hydrogen (secondary N) is 2. The highest BCUT2D eigenvalue weighted by atomic mass is 35.5. The van der Waals surface area contributed by atoms with E-state index < -0.39 is 33.4 Å². The first kappa shape index (κ1) is 25.4. The van der Waals surface area contributed by atoms with Gasteiger partial charge in [0.25, 0.3) is 15.9 Å². The number of hydrogen-bond donors (Lipinski definition) is 3. The minimum atomic E-state index is -4.41. The lowest BCUT2D eigenvalue weighted by molar-refractivity contribution is 0.0944. The van der Waals surface area contributed by atoms with Gasteiger partial charge in [0.1, 0.15) is 5.69 Å². The lowest BCUT2D eigenvalue weighted by atomic mass is 10.2. The Morgan fingerprint density at radius 1 is 1.22 bits per heavy atom. The molecule has 0 bridgehead atoms. The van der Waals surface area contributed by atoms with E-state index in [2.05, 4.69) is 15.6 Å². The molecule has 0 aliphatic carbocycles. The molecule has 3 N–H and O–H groups in total. The summed E-state index contributed by atoms with van der Waals surface area (Å²) in [5.74, 6) is -2.51. The molecule has 8 nitrogen and oxygen atoms in total. The lowest BCUT2D eigenvalue weighted by Gasteiger charge is -2.12. The van der Waals surface area contributed by atoms with Gasteiger partial charge in [0.15, 0.2) is 5.82 Å². The highest BCUT2D eigenvalue weighted by Gasteiger charge is 2.28. The van der Waals surface area contributed by atoms with Crippen LogP contribution in [0.4, 0.5) is 8.78 Å². The molecular weight excluding hydrogens is 466 g/mol. The predicted molar refractivity (Wildman–Crippen MR) is 116 cm³/mol. The number of aliphatic hydroxyl groups is 1. The highest BCUT2D eigenvalue weighted by Crippen LogP contribution is 2.32. The van der Waals surface area contributed by atoms with Gasteiger partial charge in [0.2, 0.25) is 5.95 Å². The van der Waals surface area contributed by atoms with Gasteiger partial charge in [-0.25, -0.2) is 21.8 Å². The SMILES string of the molecule is CNCc1cn(S(=O)(=O)c2cccc(C(=O)NCCO)c2)c(-c2cccnc2F)c1F.Cl. The van der Waals surface area contributed by atoms with E-state index in [0.29, 0.717) is 3.97 Å². The molecule has 2 aromatic heterocycles. The van der Waals surface area contributed by atoms with Crippen molar-refractivity contribution >= 4 is 28.3 Å². The predicted octanol–water partition coefficient (Wildman–Crippen LogP) is 1.93. The third kappa shape index (κ3) is 4.96. The number of amides is 1. The first-order chi connectivity index (χ1) is 14.8. The molecule has 0 spiro atoms. The van der Waals surface area contributed by atoms with Crippen LogP contribution in [0.1, 0.15) is 15.9 Å². The maximum absolute atomic E-state index is 15.1. The first-order valence-electron chi connectivity index (χ1n) is 9.21. The summed E-state index contributed by atoms with van der Waals surface area (Å²) in [5.41, 5.74) is -0.762. The summed E-state index contributed by atoms with van der Waals surface area (Å²) in [7, 11) is -2.85. The topological polar surface area (TPSA) is 113 Å². The van der Waals surface area contributed by atoms with Gasteiger partial charge in [-0.05, 0) is 37.4 Å². The van der Waals surface area contributed by atoms with Crippen LogP contribution in [0.5, 0.6) is 0 Å². The Morgan fingerprint density at radius 2 is 1.97 bits per heavy atom. The summed E-state index contributed by atoms with van der Waals surface area (Å²) in [6.07, 6.45) is 2.24. The highest BCUT2D eigenvalue weighted by molar-refractivity contribution is 7.90. The monoisotopic (exact) mass is 486 g/mol. The molecule has 12 heteroatoms. The molecule has 0 saturated carbocycles. The molecule has 3 aromatic rings. The number of carbonyl (C=O) groups is 1. The largest absolute Gasteiger partial charge is 0.395 e. The number of aromatic nitrogens is 2. The standard InChI is InChI=1S/C20H20F2N4O4S.ClH/c1-23-11-14-12-26(18(17(14)21)16-6-3-7-24-19(16)22)31(29,30)15-5-2-4-13(10-15)20(28)25-8-9-27;/h2-7,10,12,23,27H,8-9,11H2,1H3,(H,25,28);1H. The molecule has 0 fully saturated rings. The maximum atomic E-state index is 15.1. The van der Waals surface area contributed by atoms with Crippen molar-refractivity contribution in [2.45, 2.75) is 11.4 Å². The average Bonchev–Trinajstić information content (AvgIpc) is 3.09. The van der Waals surface area contributed by atoms with Gasteiger partial charge in [-0.15, -0.1) is 12.4 Å². The molecular formula is C20H21ClF2N4O4S. The normalized spacial score (nSPS) is 11.1. The van der Waals surface area contributed by atoms with Crippen LogP contribution in [0.25, 0.3) is 11.3 Å². The Bertz CT molecular complexity index is 1220. The number of rotatable bonds is 8. The van der Waals surface area contributed by atoms with E-state index in [1.165, 1.54) is 36.5 Å². The van der Waals surface area contributed by atoms with Crippen LogP contribution in [0, 0.1) is 11.8 Å². The van der Waals surface area contributed by atoms with Gasteiger partial charge in [-0.2, -0.15) is 4.39 Å². The minimum Gasteiger partial charge on any atom is -0.395 e. The first-order valence-corrected chi connectivity index (χ1v) is 10.6. The van der Waals surface area contributed by atoms with Gasteiger partial charge < -0.3 is 15.7 Å². The Kier molecular flexibility index (Phi) is 8.44. The molecule has 0 aliphatic heterocycles. The molecule has 0 saturated heterocycles. The Morgan fingerprint density at radius 3 is 2.62 bits per heavy atom. The van der Waals surface area contributed by atoms with Crippen molar-refractivity contribution in [1.82, 2.24) is 19.6 Å². The molecule has 32 heavy (non-hydrogen) atoms. The number of aliphatic hydroxyl groups excluding tert-OH is 1. The van der Waals surface area contributed by atoms with Crippen molar-refractivity contribution in [1.29, 1.82) is 0 Å². The Balaban J connectivity index is 0.00000363. The second-order valence-electron chi connectivity index (χ2n) is 6.50. The van der Waals surface area contributed by atoms with Gasteiger partial charge in [0, 0.05) is 36.6 Å². The minimum absolute atomic E-state index is 0. The van der Waals surface area contributed by atoms with E-state index in [-0.39, 0.29) is 53.7 Å². The van der Waals surface area contributed by atoms with Gasteiger partial charge >= 0.3 is 0 Å². The zero-order valence-electron chi connectivity index (χ0n) is 16.9. The average molecular weight is 487 g/mol. The van der Waals surface area contributed by atoms with E-state index in [4.69, 9.17) is 5.11 Å². The molecule has 2 heterocycles. The van der Waals surface area contributed by atoms with E-state index in [1.54, 1.807) is 7.05 Å². The summed E-state index contributed by atoms with van der Waals surface area (Å²) in [5, 5.41) is 14.0. The third-order valence-corrected chi connectivity index (χ3v) is 6.07. The molecule has 3 rings (SSSR count). The van der Waals surface area contributed by atoms with Crippen molar-refractivity contribution in [3.8, 4) is 11.3 Å². The second-order valence-corrected chi connectivity index (χ2v) is 8.31. The van der Waals surface area contributed by atoms with Crippen molar-refractivity contribution in [3.63, 3.8) is 0 Å². The van der Waals surface area contributed by atoms with Crippen LogP contribution in [0.15, 0.2) is 53.7 Å². The van der Waals surface area contributed by atoms with Crippen molar-refractivity contribution in [2.75, 3.05) is 20.2 Å². The number of carbonyl (C=O) groups excluding carboxylic acids is 1. The van der Waals surface area contributed by atoms with Crippen LogP contribution in [-0.2, 0) is 16.6 Å². The lowest BCUT2D eigenvalue weighted by Crippen LogP contribution is -2.26. The summed E-state index contributed by atoms with van der Waals surface area (Å²) in [6, 6.07) is 7.73. The van der Waals surface area contributed by atoms with Gasteiger partial charge in [0.05, 0.1) is 17.1 Å². The molecule has 172 valence electrons. The number of nitrogens with zero attached hydrogens (tertiary/aromatic N) is 2. The fourth-order valence-electron chi connectivity index (χ4n) is 3.00. The molecule has 0 unspecified atom stereocenters. The molecule has 0 aliphatic rings. The van der Waals surface area contributed by atoms with Crippen molar-refractivity contribution in [2.24, 2.45) is 0 Å². The molecule has 0 radical (unpaired) electrons. The van der Waals surface area contributed by atoms with Crippen LogP contribution in [0.2, 0.25) is 0 Å². The number of pyridine rings is 1. The molecule has 1 aromatic carbocycles. The quantitative estimate of drug-likeness (QED) is 0.419. The van der Waals surface area contributed by atoms with E-state index in [1.807, 2.05) is 0 Å². The summed E-state index contributed by atoms with van der Waals surface area (Å²) < 4.78 is 56.8. The number of halogens is 3. The maximum Gasteiger partial charge on any atom is 0.268 e. The van der Waals surface area contributed by atoms with Crippen LogP contribution in [0.3, 0.4) is 0 Å². The van der Waals surface area contributed by atoms with Crippen LogP contribution >= 0.6 is 12.4 Å². The number of hydrogen-bond acceptors (Lipinski definition) is 6. The van der Waals surface area contributed by atoms with Crippen molar-refractivity contribution in [3.05, 3.63) is 71.7 Å². The second kappa shape index (κ2) is 10.6. The van der Waals surface area contributed by atoms with E-state index >= 15 is 4.39 Å². The van der Waals surface area contributed by atoms with Gasteiger partial charge in [-0.3, -0.25) is 4.79 Å². The van der Waals surface area contributed by atoms with Gasteiger partial charge in [-0.1, -0.05) is 6.07 Å². The number of benzene rings is 1. The Hall–Kier alpha value is -2.86. The smallest absolute Gasteiger partial charge is 0.268 e.